The zero-order chi connectivity index (χ0) is 20.5. The molecule has 2 aromatic heterocycles. The van der Waals surface area contributed by atoms with Crippen molar-refractivity contribution in [1.82, 2.24) is 19.5 Å². The fourth-order valence-electron chi connectivity index (χ4n) is 3.81. The number of anilines is 1. The first-order valence-electron chi connectivity index (χ1n) is 9.88. The van der Waals surface area contributed by atoms with E-state index in [-0.39, 0.29) is 11.5 Å². The second-order valence-corrected chi connectivity index (χ2v) is 8.56. The smallest absolute Gasteiger partial charge is 0.261 e. The molecule has 1 aliphatic heterocycles. The van der Waals surface area contributed by atoms with Crippen molar-refractivity contribution in [1.29, 1.82) is 0 Å². The monoisotopic (exact) mass is 419 g/mol. The molecule has 0 spiro atoms. The highest BCUT2D eigenvalue weighted by Gasteiger charge is 2.17. The van der Waals surface area contributed by atoms with Gasteiger partial charge in [0.1, 0.15) is 11.2 Å². The number of aromatic amines is 1. The van der Waals surface area contributed by atoms with Crippen molar-refractivity contribution in [3.8, 4) is 0 Å². The molecule has 1 fully saturated rings. The van der Waals surface area contributed by atoms with Crippen LogP contribution in [-0.4, -0.2) is 50.0 Å². The number of hydrogen-bond acceptors (Lipinski definition) is 5. The van der Waals surface area contributed by atoms with E-state index in [9.17, 15) is 9.59 Å². The van der Waals surface area contributed by atoms with Crippen molar-refractivity contribution < 1.29 is 4.79 Å². The van der Waals surface area contributed by atoms with Gasteiger partial charge in [0.15, 0.2) is 0 Å². The Morgan fingerprint density at radius 2 is 1.97 bits per heavy atom. The fourth-order valence-corrected chi connectivity index (χ4v) is 4.78. The molecule has 1 amide bonds. The van der Waals surface area contributed by atoms with Crippen LogP contribution >= 0.6 is 11.8 Å². The third kappa shape index (κ3) is 3.59. The summed E-state index contributed by atoms with van der Waals surface area (Å²) in [6, 6.07) is 15.1. The van der Waals surface area contributed by atoms with Gasteiger partial charge in [0.25, 0.3) is 11.5 Å². The van der Waals surface area contributed by atoms with Gasteiger partial charge in [-0.05, 0) is 29.8 Å². The number of benzene rings is 2. The number of carbonyl (C=O) groups excluding carboxylic acids is 1. The molecule has 3 heterocycles. The molecule has 7 nitrogen and oxygen atoms in total. The summed E-state index contributed by atoms with van der Waals surface area (Å²) in [6.45, 7) is 3.05. The van der Waals surface area contributed by atoms with E-state index in [4.69, 9.17) is 0 Å². The van der Waals surface area contributed by atoms with Gasteiger partial charge in [0.2, 0.25) is 0 Å². The van der Waals surface area contributed by atoms with Crippen molar-refractivity contribution in [3.05, 3.63) is 76.2 Å². The first kappa shape index (κ1) is 18.9. The lowest BCUT2D eigenvalue weighted by molar-refractivity contribution is 0.102. The number of aromatic nitrogens is 3. The van der Waals surface area contributed by atoms with Crippen molar-refractivity contribution in [2.75, 3.05) is 29.9 Å². The van der Waals surface area contributed by atoms with Crippen LogP contribution in [-0.2, 0) is 6.54 Å². The van der Waals surface area contributed by atoms with Crippen LogP contribution in [0.1, 0.15) is 15.9 Å². The average Bonchev–Trinajstić information content (AvgIpc) is 3.19. The molecule has 1 aliphatic rings. The van der Waals surface area contributed by atoms with E-state index in [2.05, 4.69) is 26.4 Å². The normalized spacial score (nSPS) is 14.9. The first-order chi connectivity index (χ1) is 14.7. The van der Waals surface area contributed by atoms with Crippen molar-refractivity contribution in [2.45, 2.75) is 6.54 Å². The molecule has 0 saturated carbocycles. The first-order valence-corrected chi connectivity index (χ1v) is 11.0. The Morgan fingerprint density at radius 1 is 1.13 bits per heavy atom. The number of thioether (sulfide) groups is 1. The molecule has 0 radical (unpaired) electrons. The third-order valence-electron chi connectivity index (χ3n) is 5.32. The Hall–Kier alpha value is -3.10. The minimum atomic E-state index is -0.303. The summed E-state index contributed by atoms with van der Waals surface area (Å²) in [4.78, 5) is 30.6. The quantitative estimate of drug-likeness (QED) is 0.531. The molecule has 8 heteroatoms. The molecule has 0 aliphatic carbocycles. The number of rotatable bonds is 4. The predicted molar refractivity (Wildman–Crippen MR) is 120 cm³/mol. The van der Waals surface area contributed by atoms with Gasteiger partial charge in [-0.3, -0.25) is 14.5 Å². The molecule has 1 saturated heterocycles. The highest BCUT2D eigenvalue weighted by molar-refractivity contribution is 7.99. The standard InChI is InChI=1S/C22H21N5O2S/c28-21-17-6-1-2-7-19(17)27-20(25-21)18(13-23-27)22(29)24-16-5-3-4-15(12-16)14-26-8-10-30-11-9-26/h1-7,12-13H,8-11,14H2,(H,24,29)(H,25,28). The van der Waals surface area contributed by atoms with Gasteiger partial charge in [-0.25, -0.2) is 4.52 Å². The van der Waals surface area contributed by atoms with Crippen molar-refractivity contribution in [2.24, 2.45) is 0 Å². The Morgan fingerprint density at radius 3 is 2.83 bits per heavy atom. The van der Waals surface area contributed by atoms with E-state index in [1.807, 2.05) is 42.1 Å². The summed E-state index contributed by atoms with van der Waals surface area (Å²) < 4.78 is 1.59. The number of nitrogens with one attached hydrogen (secondary N) is 2. The van der Waals surface area contributed by atoms with Gasteiger partial charge >= 0.3 is 0 Å². The van der Waals surface area contributed by atoms with Crippen LogP contribution in [0.2, 0.25) is 0 Å². The summed E-state index contributed by atoms with van der Waals surface area (Å²) in [5.41, 5.74) is 3.03. The Bertz CT molecular complexity index is 1290. The predicted octanol–water partition coefficient (Wildman–Crippen LogP) is 2.98. The van der Waals surface area contributed by atoms with E-state index in [0.717, 1.165) is 36.8 Å². The number of H-pyrrole nitrogens is 1. The maximum absolute atomic E-state index is 12.9. The minimum absolute atomic E-state index is 0.241. The van der Waals surface area contributed by atoms with Gasteiger partial charge in [0, 0.05) is 36.8 Å². The highest BCUT2D eigenvalue weighted by Crippen LogP contribution is 2.19. The van der Waals surface area contributed by atoms with E-state index in [1.54, 1.807) is 16.6 Å². The van der Waals surface area contributed by atoms with Crippen molar-refractivity contribution >= 4 is 39.9 Å². The summed E-state index contributed by atoms with van der Waals surface area (Å²) in [5.74, 6) is 2.03. The van der Waals surface area contributed by atoms with E-state index < -0.39 is 0 Å². The lowest BCUT2D eigenvalue weighted by Gasteiger charge is -2.26. The second kappa shape index (κ2) is 7.97. The van der Waals surface area contributed by atoms with Crippen LogP contribution in [0, 0.1) is 0 Å². The van der Waals surface area contributed by atoms with Gasteiger partial charge in [-0.15, -0.1) is 0 Å². The number of fused-ring (bicyclic) bond motifs is 3. The Labute approximate surface area is 177 Å². The average molecular weight is 420 g/mol. The summed E-state index contributed by atoms with van der Waals surface area (Å²) in [6.07, 6.45) is 1.49. The van der Waals surface area contributed by atoms with Gasteiger partial charge < -0.3 is 10.3 Å². The molecule has 4 aromatic rings. The lowest BCUT2D eigenvalue weighted by Crippen LogP contribution is -2.31. The number of nitrogens with zero attached hydrogens (tertiary/aromatic N) is 3. The summed E-state index contributed by atoms with van der Waals surface area (Å²) >= 11 is 1.99. The SMILES string of the molecule is O=C(Nc1cccc(CN2CCSCC2)c1)c1cnn2c1[nH]c(=O)c1ccccc12. The number of para-hydroxylation sites is 1. The largest absolute Gasteiger partial charge is 0.322 e. The van der Waals surface area contributed by atoms with Crippen molar-refractivity contribution in [3.63, 3.8) is 0 Å². The summed E-state index contributed by atoms with van der Waals surface area (Å²) in [7, 11) is 0. The summed E-state index contributed by atoms with van der Waals surface area (Å²) in [5, 5.41) is 7.80. The Balaban J connectivity index is 1.41. The maximum Gasteiger partial charge on any atom is 0.261 e. The second-order valence-electron chi connectivity index (χ2n) is 7.33. The molecule has 2 aromatic carbocycles. The molecule has 0 bridgehead atoms. The van der Waals surface area contributed by atoms with Crippen LogP contribution in [0.3, 0.4) is 0 Å². The zero-order valence-corrected chi connectivity index (χ0v) is 17.1. The maximum atomic E-state index is 12.9. The highest BCUT2D eigenvalue weighted by atomic mass is 32.2. The van der Waals surface area contributed by atoms with Gasteiger partial charge in [0.05, 0.1) is 17.1 Å². The topological polar surface area (TPSA) is 82.5 Å². The van der Waals surface area contributed by atoms with E-state index in [0.29, 0.717) is 22.1 Å². The molecule has 152 valence electrons. The van der Waals surface area contributed by atoms with Crippen LogP contribution in [0.15, 0.2) is 59.5 Å². The molecular formula is C22H21N5O2S. The lowest BCUT2D eigenvalue weighted by atomic mass is 10.1. The Kier molecular flexibility index (Phi) is 5.02. The number of hydrogen-bond donors (Lipinski definition) is 2. The van der Waals surface area contributed by atoms with Crippen LogP contribution in [0.4, 0.5) is 5.69 Å². The minimum Gasteiger partial charge on any atom is -0.322 e. The van der Waals surface area contributed by atoms with Gasteiger partial charge in [-0.1, -0.05) is 24.3 Å². The molecule has 0 unspecified atom stereocenters. The molecule has 0 atom stereocenters. The third-order valence-corrected chi connectivity index (χ3v) is 6.26. The van der Waals surface area contributed by atoms with Crippen LogP contribution in [0.5, 0.6) is 0 Å². The zero-order valence-electron chi connectivity index (χ0n) is 16.3. The molecule has 5 rings (SSSR count). The molecule has 2 N–H and O–H groups in total. The van der Waals surface area contributed by atoms with E-state index in [1.165, 1.54) is 11.8 Å². The van der Waals surface area contributed by atoms with Crippen LogP contribution < -0.4 is 10.9 Å². The number of amides is 1. The number of carbonyl (C=O) groups is 1. The fraction of sp³-hybridized carbons (Fsp3) is 0.227. The van der Waals surface area contributed by atoms with E-state index >= 15 is 0 Å². The molecular weight excluding hydrogens is 398 g/mol. The molecule has 30 heavy (non-hydrogen) atoms. The van der Waals surface area contributed by atoms with Crippen LogP contribution in [0.25, 0.3) is 16.6 Å². The van der Waals surface area contributed by atoms with Gasteiger partial charge in [-0.2, -0.15) is 16.9 Å².